The second-order valence-corrected chi connectivity index (χ2v) is 6.03. The Kier molecular flexibility index (Phi) is 4.95. The van der Waals surface area contributed by atoms with E-state index < -0.39 is 0 Å². The van der Waals surface area contributed by atoms with Gasteiger partial charge < -0.3 is 4.74 Å². The maximum atomic E-state index is 12.1. The first kappa shape index (κ1) is 16.3. The monoisotopic (exact) mass is 318 g/mol. The molecule has 0 radical (unpaired) electrons. The average molecular weight is 318 g/mol. The number of hydrogen-bond acceptors (Lipinski definition) is 2. The number of rotatable bonds is 6. The molecule has 0 spiro atoms. The van der Waals surface area contributed by atoms with Crippen LogP contribution in [0.4, 0.5) is 0 Å². The highest BCUT2D eigenvalue weighted by molar-refractivity contribution is 5.96. The number of Topliss-reactive ketones (excluding diaryl/α,β-unsaturated/α-hetero) is 1. The van der Waals surface area contributed by atoms with Crippen LogP contribution in [-0.2, 0) is 0 Å². The van der Waals surface area contributed by atoms with Crippen LogP contribution in [0, 0.1) is 0 Å². The van der Waals surface area contributed by atoms with Crippen molar-refractivity contribution < 1.29 is 9.53 Å². The summed E-state index contributed by atoms with van der Waals surface area (Å²) < 4.78 is 5.27. The van der Waals surface area contributed by atoms with E-state index in [0.29, 0.717) is 6.42 Å². The summed E-state index contributed by atoms with van der Waals surface area (Å²) in [5.74, 6) is 1.10. The van der Waals surface area contributed by atoms with Crippen molar-refractivity contribution in [2.45, 2.75) is 26.2 Å². The maximum absolute atomic E-state index is 12.1. The summed E-state index contributed by atoms with van der Waals surface area (Å²) in [5.41, 5.74) is 3.08. The molecule has 0 aliphatic heterocycles. The summed E-state index contributed by atoms with van der Waals surface area (Å²) in [5, 5.41) is 2.33. The minimum absolute atomic E-state index is 0.231. The van der Waals surface area contributed by atoms with Crippen molar-refractivity contribution in [3.05, 3.63) is 66.2 Å². The van der Waals surface area contributed by atoms with Gasteiger partial charge in [0.25, 0.3) is 0 Å². The Balaban J connectivity index is 1.86. The summed E-state index contributed by atoms with van der Waals surface area (Å²) in [6, 6.07) is 20.4. The Hall–Kier alpha value is -2.61. The minimum atomic E-state index is 0.231. The van der Waals surface area contributed by atoms with Crippen molar-refractivity contribution >= 4 is 16.6 Å². The Labute approximate surface area is 143 Å². The van der Waals surface area contributed by atoms with Crippen molar-refractivity contribution in [2.75, 3.05) is 7.11 Å². The molecule has 0 amide bonds. The summed E-state index contributed by atoms with van der Waals surface area (Å²) in [4.78, 5) is 12.1. The molecule has 24 heavy (non-hydrogen) atoms. The van der Waals surface area contributed by atoms with Crippen molar-refractivity contribution in [3.8, 4) is 16.9 Å². The number of ether oxygens (including phenoxy) is 1. The molecule has 0 fully saturated rings. The second-order valence-electron chi connectivity index (χ2n) is 6.03. The predicted molar refractivity (Wildman–Crippen MR) is 99.8 cm³/mol. The topological polar surface area (TPSA) is 26.3 Å². The van der Waals surface area contributed by atoms with Crippen LogP contribution in [0.3, 0.4) is 0 Å². The lowest BCUT2D eigenvalue weighted by Gasteiger charge is -2.07. The van der Waals surface area contributed by atoms with Crippen LogP contribution < -0.4 is 4.74 Å². The van der Waals surface area contributed by atoms with Gasteiger partial charge in [-0.15, -0.1) is 0 Å². The van der Waals surface area contributed by atoms with Crippen LogP contribution in [0.15, 0.2) is 60.7 Å². The number of unbranched alkanes of at least 4 members (excludes halogenated alkanes) is 1. The first-order chi connectivity index (χ1) is 11.7. The van der Waals surface area contributed by atoms with Crippen LogP contribution in [-0.4, -0.2) is 12.9 Å². The van der Waals surface area contributed by atoms with Gasteiger partial charge in [0, 0.05) is 12.0 Å². The fraction of sp³-hybridized carbons (Fsp3) is 0.227. The van der Waals surface area contributed by atoms with Crippen molar-refractivity contribution in [3.63, 3.8) is 0 Å². The normalized spacial score (nSPS) is 10.8. The molecule has 0 saturated carbocycles. The number of carbonyl (C=O) groups is 1. The maximum Gasteiger partial charge on any atom is 0.162 e. The average Bonchev–Trinajstić information content (AvgIpc) is 2.65. The third-order valence-corrected chi connectivity index (χ3v) is 4.35. The van der Waals surface area contributed by atoms with Crippen molar-refractivity contribution in [1.82, 2.24) is 0 Å². The van der Waals surface area contributed by atoms with Crippen LogP contribution in [0.2, 0.25) is 0 Å². The first-order valence-electron chi connectivity index (χ1n) is 8.42. The number of carbonyl (C=O) groups excluding carboxylic acids is 1. The van der Waals surface area contributed by atoms with Gasteiger partial charge in [-0.1, -0.05) is 55.8 Å². The molecule has 3 rings (SSSR count). The SMILES string of the molecule is CCCCC(=O)c1ccc(-c2ccc3cc(OC)ccc3c2)cc1. The zero-order valence-electron chi connectivity index (χ0n) is 14.2. The molecule has 0 saturated heterocycles. The molecule has 2 nitrogen and oxygen atoms in total. The quantitative estimate of drug-likeness (QED) is 0.530. The zero-order chi connectivity index (χ0) is 16.9. The molecule has 2 heteroatoms. The number of fused-ring (bicyclic) bond motifs is 1. The van der Waals surface area contributed by atoms with Crippen LogP contribution in [0.25, 0.3) is 21.9 Å². The molecule has 3 aromatic carbocycles. The molecule has 0 aliphatic rings. The summed E-state index contributed by atoms with van der Waals surface area (Å²) in [6.07, 6.45) is 2.63. The largest absolute Gasteiger partial charge is 0.497 e. The predicted octanol–water partition coefficient (Wildman–Crippen LogP) is 5.89. The fourth-order valence-corrected chi connectivity index (χ4v) is 2.86. The van der Waals surface area contributed by atoms with Gasteiger partial charge in [0.2, 0.25) is 0 Å². The molecule has 0 bridgehead atoms. The molecule has 0 unspecified atom stereocenters. The van der Waals surface area contributed by atoms with Gasteiger partial charge in [-0.2, -0.15) is 0 Å². The van der Waals surface area contributed by atoms with E-state index in [-0.39, 0.29) is 5.78 Å². The van der Waals surface area contributed by atoms with Crippen molar-refractivity contribution in [1.29, 1.82) is 0 Å². The molecule has 0 aliphatic carbocycles. The van der Waals surface area contributed by atoms with Gasteiger partial charge in [-0.05, 0) is 46.5 Å². The van der Waals surface area contributed by atoms with Gasteiger partial charge in [0.1, 0.15) is 5.75 Å². The third kappa shape index (κ3) is 3.48. The molecule has 0 atom stereocenters. The highest BCUT2D eigenvalue weighted by Gasteiger charge is 2.06. The van der Waals surface area contributed by atoms with E-state index in [1.54, 1.807) is 7.11 Å². The summed E-state index contributed by atoms with van der Waals surface area (Å²) in [7, 11) is 1.68. The smallest absolute Gasteiger partial charge is 0.162 e. The number of methoxy groups -OCH3 is 1. The van der Waals surface area contributed by atoms with E-state index in [4.69, 9.17) is 4.74 Å². The second kappa shape index (κ2) is 7.31. The Bertz CT molecular complexity index is 847. The minimum Gasteiger partial charge on any atom is -0.497 e. The Morgan fingerprint density at radius 1 is 0.875 bits per heavy atom. The molecular weight excluding hydrogens is 296 g/mol. The fourth-order valence-electron chi connectivity index (χ4n) is 2.86. The van der Waals surface area contributed by atoms with E-state index in [0.717, 1.165) is 40.7 Å². The van der Waals surface area contributed by atoms with E-state index in [1.165, 1.54) is 5.39 Å². The van der Waals surface area contributed by atoms with E-state index in [9.17, 15) is 4.79 Å². The Morgan fingerprint density at radius 2 is 1.54 bits per heavy atom. The molecule has 3 aromatic rings. The van der Waals surface area contributed by atoms with Crippen LogP contribution in [0.5, 0.6) is 5.75 Å². The molecular formula is C22H22O2. The zero-order valence-corrected chi connectivity index (χ0v) is 14.2. The molecule has 0 N–H and O–H groups in total. The van der Waals surface area contributed by atoms with Crippen molar-refractivity contribution in [2.24, 2.45) is 0 Å². The van der Waals surface area contributed by atoms with E-state index >= 15 is 0 Å². The number of benzene rings is 3. The van der Waals surface area contributed by atoms with Gasteiger partial charge in [-0.3, -0.25) is 4.79 Å². The lowest BCUT2D eigenvalue weighted by Crippen LogP contribution is -1.98. The lowest BCUT2D eigenvalue weighted by atomic mass is 9.98. The number of hydrogen-bond donors (Lipinski definition) is 0. The standard InChI is InChI=1S/C22H22O2/c1-3-4-5-22(23)17-8-6-16(7-9-17)18-10-11-20-15-21(24-2)13-12-19(20)14-18/h6-15H,3-5H2,1-2H3. The number of ketones is 1. The van der Waals surface area contributed by atoms with Gasteiger partial charge >= 0.3 is 0 Å². The summed E-state index contributed by atoms with van der Waals surface area (Å²) in [6.45, 7) is 2.10. The highest BCUT2D eigenvalue weighted by Crippen LogP contribution is 2.27. The highest BCUT2D eigenvalue weighted by atomic mass is 16.5. The van der Waals surface area contributed by atoms with Crippen LogP contribution >= 0.6 is 0 Å². The van der Waals surface area contributed by atoms with Gasteiger partial charge in [0.15, 0.2) is 5.78 Å². The van der Waals surface area contributed by atoms with Crippen LogP contribution in [0.1, 0.15) is 36.5 Å². The summed E-state index contributed by atoms with van der Waals surface area (Å²) >= 11 is 0. The third-order valence-electron chi connectivity index (χ3n) is 4.35. The molecule has 0 heterocycles. The Morgan fingerprint density at radius 3 is 2.25 bits per heavy atom. The first-order valence-corrected chi connectivity index (χ1v) is 8.42. The lowest BCUT2D eigenvalue weighted by molar-refractivity contribution is 0.0980. The van der Waals surface area contributed by atoms with Gasteiger partial charge in [-0.25, -0.2) is 0 Å². The van der Waals surface area contributed by atoms with E-state index in [1.807, 2.05) is 36.4 Å². The van der Waals surface area contributed by atoms with E-state index in [2.05, 4.69) is 31.2 Å². The molecule has 0 aromatic heterocycles. The van der Waals surface area contributed by atoms with Gasteiger partial charge in [0.05, 0.1) is 7.11 Å². The molecule has 122 valence electrons.